The van der Waals surface area contributed by atoms with Crippen molar-refractivity contribution < 1.29 is 4.39 Å². The zero-order valence-electron chi connectivity index (χ0n) is 7.92. The topological polar surface area (TPSA) is 28.2 Å². The number of rotatable bonds is 4. The first-order valence-electron chi connectivity index (χ1n) is 4.18. The molecule has 0 atom stereocenters. The first-order chi connectivity index (χ1) is 6.18. The average molecular weight is 183 g/mol. The van der Waals surface area contributed by atoms with Crippen LogP contribution in [0.25, 0.3) is 0 Å². The summed E-state index contributed by atoms with van der Waals surface area (Å²) in [5, 5.41) is 3.08. The standard InChI is InChI=1S/C9H14FN3/c1-13(2)6-5-11-9-4-3-8(10)7-12-9/h3-4,7H,5-6H2,1-2H3,(H,11,12). The van der Waals surface area contributed by atoms with Crippen molar-refractivity contribution in [3.05, 3.63) is 24.1 Å². The summed E-state index contributed by atoms with van der Waals surface area (Å²) in [4.78, 5) is 5.94. The Labute approximate surface area is 77.6 Å². The highest BCUT2D eigenvalue weighted by atomic mass is 19.1. The molecule has 1 heterocycles. The molecule has 0 saturated carbocycles. The summed E-state index contributed by atoms with van der Waals surface area (Å²) in [6.45, 7) is 1.74. The van der Waals surface area contributed by atoms with Crippen molar-refractivity contribution in [1.29, 1.82) is 0 Å². The predicted octanol–water partition coefficient (Wildman–Crippen LogP) is 1.19. The van der Waals surface area contributed by atoms with Gasteiger partial charge in [-0.15, -0.1) is 0 Å². The molecule has 0 aliphatic carbocycles. The molecule has 1 aromatic rings. The van der Waals surface area contributed by atoms with Crippen molar-refractivity contribution >= 4 is 5.82 Å². The van der Waals surface area contributed by atoms with Gasteiger partial charge in [-0.3, -0.25) is 0 Å². The van der Waals surface area contributed by atoms with E-state index in [9.17, 15) is 4.39 Å². The molecule has 4 heteroatoms. The summed E-state index contributed by atoms with van der Waals surface area (Å²) < 4.78 is 12.4. The third-order valence-corrected chi connectivity index (χ3v) is 1.59. The lowest BCUT2D eigenvalue weighted by atomic mass is 10.4. The molecule has 0 bridgehead atoms. The van der Waals surface area contributed by atoms with Gasteiger partial charge in [-0.25, -0.2) is 9.37 Å². The van der Waals surface area contributed by atoms with Gasteiger partial charge in [0.15, 0.2) is 0 Å². The second kappa shape index (κ2) is 4.77. The van der Waals surface area contributed by atoms with Gasteiger partial charge in [0.1, 0.15) is 11.6 Å². The first-order valence-corrected chi connectivity index (χ1v) is 4.18. The molecular formula is C9H14FN3. The van der Waals surface area contributed by atoms with Crippen LogP contribution in [0.15, 0.2) is 18.3 Å². The molecular weight excluding hydrogens is 169 g/mol. The van der Waals surface area contributed by atoms with Crippen LogP contribution in [-0.4, -0.2) is 37.1 Å². The zero-order chi connectivity index (χ0) is 9.68. The maximum absolute atomic E-state index is 12.4. The second-order valence-electron chi connectivity index (χ2n) is 3.09. The number of aromatic nitrogens is 1. The van der Waals surface area contributed by atoms with Gasteiger partial charge in [0.25, 0.3) is 0 Å². The van der Waals surface area contributed by atoms with E-state index in [-0.39, 0.29) is 5.82 Å². The monoisotopic (exact) mass is 183 g/mol. The smallest absolute Gasteiger partial charge is 0.141 e. The lowest BCUT2D eigenvalue weighted by Gasteiger charge is -2.10. The summed E-state index contributed by atoms with van der Waals surface area (Å²) in [6, 6.07) is 3.02. The number of anilines is 1. The molecule has 72 valence electrons. The summed E-state index contributed by atoms with van der Waals surface area (Å²) in [5.41, 5.74) is 0. The average Bonchev–Trinajstić information content (AvgIpc) is 2.08. The number of nitrogens with zero attached hydrogens (tertiary/aromatic N) is 2. The molecule has 0 aromatic carbocycles. The van der Waals surface area contributed by atoms with Gasteiger partial charge in [-0.05, 0) is 26.2 Å². The Hall–Kier alpha value is -1.16. The minimum Gasteiger partial charge on any atom is -0.369 e. The third-order valence-electron chi connectivity index (χ3n) is 1.59. The van der Waals surface area contributed by atoms with E-state index in [0.717, 1.165) is 13.1 Å². The van der Waals surface area contributed by atoms with Crippen LogP contribution in [-0.2, 0) is 0 Å². The quantitative estimate of drug-likeness (QED) is 0.760. The molecule has 0 amide bonds. The number of hydrogen-bond acceptors (Lipinski definition) is 3. The fourth-order valence-electron chi connectivity index (χ4n) is 0.888. The minimum atomic E-state index is -0.307. The van der Waals surface area contributed by atoms with Gasteiger partial charge in [0.05, 0.1) is 6.20 Å². The van der Waals surface area contributed by atoms with Crippen LogP contribution in [0.4, 0.5) is 10.2 Å². The van der Waals surface area contributed by atoms with Crippen molar-refractivity contribution in [1.82, 2.24) is 9.88 Å². The lowest BCUT2D eigenvalue weighted by Crippen LogP contribution is -2.21. The predicted molar refractivity (Wildman–Crippen MR) is 51.2 cm³/mol. The number of pyridine rings is 1. The van der Waals surface area contributed by atoms with Crippen LogP contribution in [0, 0.1) is 5.82 Å². The van der Waals surface area contributed by atoms with Crippen molar-refractivity contribution in [2.45, 2.75) is 0 Å². The molecule has 0 aliphatic rings. The highest BCUT2D eigenvalue weighted by molar-refractivity contribution is 5.33. The highest BCUT2D eigenvalue weighted by Gasteiger charge is 1.94. The van der Waals surface area contributed by atoms with Crippen LogP contribution >= 0.6 is 0 Å². The van der Waals surface area contributed by atoms with Gasteiger partial charge < -0.3 is 10.2 Å². The molecule has 1 N–H and O–H groups in total. The van der Waals surface area contributed by atoms with Gasteiger partial charge >= 0.3 is 0 Å². The Kier molecular flexibility index (Phi) is 3.64. The second-order valence-corrected chi connectivity index (χ2v) is 3.09. The molecule has 3 nitrogen and oxygen atoms in total. The Morgan fingerprint density at radius 3 is 2.77 bits per heavy atom. The normalized spacial score (nSPS) is 10.5. The number of likely N-dealkylation sites (N-methyl/N-ethyl adjacent to an activating group) is 1. The number of nitrogens with one attached hydrogen (secondary N) is 1. The van der Waals surface area contributed by atoms with E-state index >= 15 is 0 Å². The number of halogens is 1. The largest absolute Gasteiger partial charge is 0.369 e. The lowest BCUT2D eigenvalue weighted by molar-refractivity contribution is 0.425. The van der Waals surface area contributed by atoms with Crippen molar-refractivity contribution in [3.8, 4) is 0 Å². The highest BCUT2D eigenvalue weighted by Crippen LogP contribution is 2.02. The summed E-state index contributed by atoms with van der Waals surface area (Å²) in [6.07, 6.45) is 1.21. The van der Waals surface area contributed by atoms with Gasteiger partial charge in [0, 0.05) is 13.1 Å². The molecule has 0 fully saturated rings. The van der Waals surface area contributed by atoms with Crippen LogP contribution in [0.3, 0.4) is 0 Å². The van der Waals surface area contributed by atoms with E-state index < -0.39 is 0 Å². The maximum atomic E-state index is 12.4. The van der Waals surface area contributed by atoms with Crippen molar-refractivity contribution in [3.63, 3.8) is 0 Å². The fourth-order valence-corrected chi connectivity index (χ4v) is 0.888. The number of hydrogen-bond donors (Lipinski definition) is 1. The van der Waals surface area contributed by atoms with E-state index in [4.69, 9.17) is 0 Å². The fraction of sp³-hybridized carbons (Fsp3) is 0.444. The minimum absolute atomic E-state index is 0.307. The molecule has 1 rings (SSSR count). The van der Waals surface area contributed by atoms with E-state index in [0.29, 0.717) is 5.82 Å². The zero-order valence-corrected chi connectivity index (χ0v) is 7.92. The van der Waals surface area contributed by atoms with Crippen molar-refractivity contribution in [2.24, 2.45) is 0 Å². The van der Waals surface area contributed by atoms with Crippen LogP contribution < -0.4 is 5.32 Å². The third kappa shape index (κ3) is 3.85. The summed E-state index contributed by atoms with van der Waals surface area (Å²) >= 11 is 0. The van der Waals surface area contributed by atoms with E-state index in [1.807, 2.05) is 14.1 Å². The molecule has 0 saturated heterocycles. The van der Waals surface area contributed by atoms with Crippen LogP contribution in [0.2, 0.25) is 0 Å². The van der Waals surface area contributed by atoms with Gasteiger partial charge in [-0.2, -0.15) is 0 Å². The summed E-state index contributed by atoms with van der Waals surface area (Å²) in [5.74, 6) is 0.404. The van der Waals surface area contributed by atoms with E-state index in [1.165, 1.54) is 12.3 Å². The molecule has 0 radical (unpaired) electrons. The first kappa shape index (κ1) is 9.92. The Morgan fingerprint density at radius 1 is 1.46 bits per heavy atom. The molecule has 0 spiro atoms. The van der Waals surface area contributed by atoms with E-state index in [2.05, 4.69) is 15.2 Å². The van der Waals surface area contributed by atoms with Gasteiger partial charge in [0.2, 0.25) is 0 Å². The Bertz CT molecular complexity index is 246. The SMILES string of the molecule is CN(C)CCNc1ccc(F)cn1. The molecule has 0 aliphatic heterocycles. The Morgan fingerprint density at radius 2 is 2.23 bits per heavy atom. The van der Waals surface area contributed by atoms with Gasteiger partial charge in [-0.1, -0.05) is 0 Å². The Balaban J connectivity index is 2.33. The summed E-state index contributed by atoms with van der Waals surface area (Å²) in [7, 11) is 4.00. The maximum Gasteiger partial charge on any atom is 0.141 e. The van der Waals surface area contributed by atoms with Crippen LogP contribution in [0.5, 0.6) is 0 Å². The molecule has 1 aromatic heterocycles. The van der Waals surface area contributed by atoms with Crippen molar-refractivity contribution in [2.75, 3.05) is 32.5 Å². The van der Waals surface area contributed by atoms with Crippen LogP contribution in [0.1, 0.15) is 0 Å². The molecule has 13 heavy (non-hydrogen) atoms. The molecule has 0 unspecified atom stereocenters. The van der Waals surface area contributed by atoms with E-state index in [1.54, 1.807) is 6.07 Å².